The van der Waals surface area contributed by atoms with Crippen LogP contribution >= 0.6 is 12.2 Å². The predicted molar refractivity (Wildman–Crippen MR) is 140 cm³/mol. The normalized spacial score (nSPS) is 20.4. The number of morpholine rings is 1. The van der Waals surface area contributed by atoms with Gasteiger partial charge < -0.3 is 24.1 Å². The van der Waals surface area contributed by atoms with Crippen LogP contribution in [-0.2, 0) is 9.47 Å². The maximum Gasteiger partial charge on any atom is 0.338 e. The highest BCUT2D eigenvalue weighted by Crippen LogP contribution is 2.40. The lowest BCUT2D eigenvalue weighted by Gasteiger charge is -2.29. The van der Waals surface area contributed by atoms with Crippen molar-refractivity contribution in [3.8, 4) is 11.3 Å². The van der Waals surface area contributed by atoms with Crippen LogP contribution in [0.5, 0.6) is 0 Å². The summed E-state index contributed by atoms with van der Waals surface area (Å²) in [6, 6.07) is 16.7. The summed E-state index contributed by atoms with van der Waals surface area (Å²) >= 11 is 5.79. The van der Waals surface area contributed by atoms with Gasteiger partial charge in [-0.05, 0) is 49.0 Å². The number of pyridine rings is 1. The van der Waals surface area contributed by atoms with E-state index in [0.717, 1.165) is 57.3 Å². The first-order valence-corrected chi connectivity index (χ1v) is 12.6. The van der Waals surface area contributed by atoms with E-state index in [1.165, 1.54) is 7.11 Å². The van der Waals surface area contributed by atoms with E-state index in [0.29, 0.717) is 22.0 Å². The summed E-state index contributed by atoms with van der Waals surface area (Å²) in [4.78, 5) is 21.6. The van der Waals surface area contributed by atoms with E-state index in [1.54, 1.807) is 12.3 Å². The molecule has 188 valence electrons. The Labute approximate surface area is 216 Å². The average Bonchev–Trinajstić information content (AvgIpc) is 3.54. The van der Waals surface area contributed by atoms with Crippen LogP contribution in [0.3, 0.4) is 0 Å². The van der Waals surface area contributed by atoms with Crippen LogP contribution < -0.4 is 5.32 Å². The molecular weight excluding hydrogens is 476 g/mol. The number of methoxy groups -OCH3 is 1. The molecule has 1 N–H and O–H groups in total. The van der Waals surface area contributed by atoms with Crippen molar-refractivity contribution >= 4 is 23.3 Å². The number of rotatable bonds is 8. The van der Waals surface area contributed by atoms with Crippen LogP contribution in [0, 0.1) is 0 Å². The van der Waals surface area contributed by atoms with Crippen molar-refractivity contribution in [1.29, 1.82) is 0 Å². The summed E-state index contributed by atoms with van der Waals surface area (Å²) in [5, 5.41) is 4.16. The minimum absolute atomic E-state index is 0.156. The summed E-state index contributed by atoms with van der Waals surface area (Å²) in [5.74, 6) is 0.972. The molecule has 2 saturated heterocycles. The number of carbonyl (C=O) groups is 1. The van der Waals surface area contributed by atoms with Crippen molar-refractivity contribution in [1.82, 2.24) is 20.1 Å². The second kappa shape index (κ2) is 11.2. The molecule has 1 aromatic carbocycles. The van der Waals surface area contributed by atoms with E-state index >= 15 is 0 Å². The Morgan fingerprint density at radius 1 is 1.11 bits per heavy atom. The highest BCUT2D eigenvalue weighted by Gasteiger charge is 2.41. The number of nitrogens with one attached hydrogen (secondary N) is 1. The first-order valence-electron chi connectivity index (χ1n) is 12.2. The zero-order chi connectivity index (χ0) is 24.9. The Morgan fingerprint density at radius 2 is 1.92 bits per heavy atom. The molecule has 2 fully saturated rings. The summed E-state index contributed by atoms with van der Waals surface area (Å²) in [7, 11) is 1.38. The van der Waals surface area contributed by atoms with E-state index in [1.807, 2.05) is 48.5 Å². The Hall–Kier alpha value is -3.27. The van der Waals surface area contributed by atoms with Crippen LogP contribution in [-0.4, -0.2) is 72.4 Å². The number of ether oxygens (including phenoxy) is 2. The number of hydrogen-bond donors (Lipinski definition) is 1. The fourth-order valence-corrected chi connectivity index (χ4v) is 5.22. The monoisotopic (exact) mass is 506 g/mol. The molecule has 4 heterocycles. The molecule has 0 bridgehead atoms. The van der Waals surface area contributed by atoms with Gasteiger partial charge >= 0.3 is 5.97 Å². The second-order valence-electron chi connectivity index (χ2n) is 8.87. The lowest BCUT2D eigenvalue weighted by atomic mass is 10.0. The van der Waals surface area contributed by atoms with Crippen LogP contribution in [0.4, 0.5) is 0 Å². The van der Waals surface area contributed by atoms with Gasteiger partial charge in [-0.25, -0.2) is 4.79 Å². The lowest BCUT2D eigenvalue weighted by Crippen LogP contribution is -2.38. The molecule has 3 aromatic rings. The van der Waals surface area contributed by atoms with Gasteiger partial charge in [0.25, 0.3) is 0 Å². The molecule has 36 heavy (non-hydrogen) atoms. The smallest absolute Gasteiger partial charge is 0.338 e. The van der Waals surface area contributed by atoms with E-state index in [4.69, 9.17) is 26.1 Å². The molecular formula is C27H30N4O4S. The van der Waals surface area contributed by atoms with E-state index in [-0.39, 0.29) is 12.1 Å². The van der Waals surface area contributed by atoms with E-state index in [9.17, 15) is 4.79 Å². The number of aromatic nitrogens is 1. The van der Waals surface area contributed by atoms with Crippen LogP contribution in [0.15, 0.2) is 65.2 Å². The largest absolute Gasteiger partial charge is 0.465 e. The van der Waals surface area contributed by atoms with Gasteiger partial charge in [0.2, 0.25) is 0 Å². The lowest BCUT2D eigenvalue weighted by molar-refractivity contribution is 0.0365. The zero-order valence-electron chi connectivity index (χ0n) is 20.3. The van der Waals surface area contributed by atoms with Crippen molar-refractivity contribution < 1.29 is 18.7 Å². The maximum atomic E-state index is 12.3. The van der Waals surface area contributed by atoms with Gasteiger partial charge in [0.1, 0.15) is 17.6 Å². The molecule has 0 aliphatic carbocycles. The number of carbonyl (C=O) groups excluding carboxylic acids is 1. The Balaban J connectivity index is 1.43. The highest BCUT2D eigenvalue weighted by atomic mass is 32.1. The van der Waals surface area contributed by atoms with Crippen LogP contribution in [0.2, 0.25) is 0 Å². The van der Waals surface area contributed by atoms with Gasteiger partial charge in [-0.2, -0.15) is 0 Å². The van der Waals surface area contributed by atoms with Crippen molar-refractivity contribution in [2.24, 2.45) is 0 Å². The van der Waals surface area contributed by atoms with Crippen LogP contribution in [0.1, 0.15) is 40.3 Å². The van der Waals surface area contributed by atoms with E-state index < -0.39 is 5.97 Å². The van der Waals surface area contributed by atoms with E-state index in [2.05, 4.69) is 20.1 Å². The number of nitrogens with zero attached hydrogens (tertiary/aromatic N) is 3. The topological polar surface area (TPSA) is 80.1 Å². The Bertz CT molecular complexity index is 1200. The van der Waals surface area contributed by atoms with Gasteiger partial charge in [0.05, 0.1) is 37.6 Å². The average molecular weight is 507 g/mol. The van der Waals surface area contributed by atoms with Gasteiger partial charge in [0, 0.05) is 37.9 Å². The van der Waals surface area contributed by atoms with Crippen molar-refractivity contribution in [2.45, 2.75) is 18.5 Å². The molecule has 2 aliphatic rings. The summed E-state index contributed by atoms with van der Waals surface area (Å²) in [5.41, 5.74) is 2.05. The molecule has 2 aromatic heterocycles. The third-order valence-corrected chi connectivity index (χ3v) is 7.04. The molecule has 2 atom stereocenters. The minimum Gasteiger partial charge on any atom is -0.465 e. The second-order valence-corrected chi connectivity index (χ2v) is 9.25. The molecule has 0 unspecified atom stereocenters. The minimum atomic E-state index is -0.400. The third-order valence-electron chi connectivity index (χ3n) is 6.69. The zero-order valence-corrected chi connectivity index (χ0v) is 21.1. The Kier molecular flexibility index (Phi) is 7.60. The van der Waals surface area contributed by atoms with Gasteiger partial charge in [0.15, 0.2) is 5.11 Å². The molecule has 0 spiro atoms. The third kappa shape index (κ3) is 5.13. The first-order chi connectivity index (χ1) is 17.7. The summed E-state index contributed by atoms with van der Waals surface area (Å²) in [6.07, 6.45) is 2.75. The van der Waals surface area contributed by atoms with Gasteiger partial charge in [-0.3, -0.25) is 9.88 Å². The molecule has 0 saturated carbocycles. The van der Waals surface area contributed by atoms with Gasteiger partial charge in [-0.15, -0.1) is 0 Å². The van der Waals surface area contributed by atoms with Crippen molar-refractivity contribution in [3.05, 3.63) is 77.8 Å². The number of esters is 1. The maximum absolute atomic E-state index is 12.3. The van der Waals surface area contributed by atoms with Crippen molar-refractivity contribution in [3.63, 3.8) is 0 Å². The number of hydrogen-bond acceptors (Lipinski definition) is 7. The number of thiocarbonyl (C=S) groups is 1. The first kappa shape index (κ1) is 24.4. The fourth-order valence-electron chi connectivity index (χ4n) is 4.89. The molecule has 9 heteroatoms. The van der Waals surface area contributed by atoms with Crippen molar-refractivity contribution in [2.75, 3.05) is 46.5 Å². The summed E-state index contributed by atoms with van der Waals surface area (Å²) < 4.78 is 16.9. The summed E-state index contributed by atoms with van der Waals surface area (Å²) in [6.45, 7) is 5.27. The molecule has 0 radical (unpaired) electrons. The molecule has 5 rings (SSSR count). The molecule has 0 amide bonds. The fraction of sp³-hybridized carbons (Fsp3) is 0.370. The van der Waals surface area contributed by atoms with Gasteiger partial charge in [-0.1, -0.05) is 24.3 Å². The molecule has 2 aliphatic heterocycles. The Morgan fingerprint density at radius 3 is 2.69 bits per heavy atom. The SMILES string of the molecule is COC(=O)c1ccccc1-c1ccc([C@@H]2[C@H](c3ccccn3)NC(=S)N2CCCN2CCOCC2)o1. The molecule has 8 nitrogen and oxygen atoms in total. The van der Waals surface area contributed by atoms with Crippen LogP contribution in [0.25, 0.3) is 11.3 Å². The number of furan rings is 1. The number of benzene rings is 1. The predicted octanol–water partition coefficient (Wildman–Crippen LogP) is 3.82. The standard InChI is InChI=1S/C27H30N4O4S/c1-33-26(32)20-8-3-2-7-19(20)22-10-11-23(35-22)25-24(21-9-4-5-12-28-21)29-27(36)31(25)14-6-13-30-15-17-34-18-16-30/h2-5,7-12,24-25H,6,13-18H2,1H3,(H,29,36)/t24-,25+/m0/s1. The quantitative estimate of drug-likeness (QED) is 0.362. The highest BCUT2D eigenvalue weighted by molar-refractivity contribution is 7.80.